The Morgan fingerprint density at radius 1 is 1.38 bits per heavy atom. The molecule has 2 aromatic heterocycles. The standard InChI is InChI=1S/C18H22N4O2/c1-11(23)22-15-7-3-2-6-13(15)21-14-10-20-18(24)16(14)17(22)12-5-4-8-19-9-12/h4-5,8-10,13,15,17,20-21,24H,2-3,6-7H2,1H3/t13-,15-,17-/m1/s1. The highest BCUT2D eigenvalue weighted by molar-refractivity contribution is 5.77. The molecule has 1 aliphatic heterocycles. The van der Waals surface area contributed by atoms with Crippen molar-refractivity contribution in [1.82, 2.24) is 14.9 Å². The van der Waals surface area contributed by atoms with Crippen molar-refractivity contribution in [2.24, 2.45) is 0 Å². The van der Waals surface area contributed by atoms with Gasteiger partial charge in [0.05, 0.1) is 23.3 Å². The molecule has 0 unspecified atom stereocenters. The van der Waals surface area contributed by atoms with Gasteiger partial charge < -0.3 is 20.3 Å². The Morgan fingerprint density at radius 2 is 2.21 bits per heavy atom. The monoisotopic (exact) mass is 326 g/mol. The molecule has 1 fully saturated rings. The van der Waals surface area contributed by atoms with E-state index in [4.69, 9.17) is 0 Å². The normalized spacial score (nSPS) is 26.0. The lowest BCUT2D eigenvalue weighted by molar-refractivity contribution is -0.134. The van der Waals surface area contributed by atoms with Crippen molar-refractivity contribution in [3.63, 3.8) is 0 Å². The first-order valence-corrected chi connectivity index (χ1v) is 8.52. The van der Waals surface area contributed by atoms with Gasteiger partial charge in [0.25, 0.3) is 0 Å². The van der Waals surface area contributed by atoms with E-state index in [-0.39, 0.29) is 29.9 Å². The topological polar surface area (TPSA) is 81.2 Å². The third-order valence-corrected chi connectivity index (χ3v) is 5.24. The fourth-order valence-electron chi connectivity index (χ4n) is 4.24. The molecule has 6 heteroatoms. The van der Waals surface area contributed by atoms with Gasteiger partial charge in [0, 0.05) is 31.6 Å². The predicted molar refractivity (Wildman–Crippen MR) is 90.7 cm³/mol. The van der Waals surface area contributed by atoms with Crippen LogP contribution in [-0.4, -0.2) is 38.0 Å². The van der Waals surface area contributed by atoms with E-state index in [9.17, 15) is 9.90 Å². The molecule has 0 spiro atoms. The van der Waals surface area contributed by atoms with E-state index in [0.29, 0.717) is 0 Å². The van der Waals surface area contributed by atoms with Crippen molar-refractivity contribution < 1.29 is 9.90 Å². The van der Waals surface area contributed by atoms with Crippen LogP contribution in [0.1, 0.15) is 49.8 Å². The summed E-state index contributed by atoms with van der Waals surface area (Å²) in [7, 11) is 0. The van der Waals surface area contributed by atoms with Crippen molar-refractivity contribution in [3.05, 3.63) is 41.9 Å². The van der Waals surface area contributed by atoms with Gasteiger partial charge in [0.2, 0.25) is 5.91 Å². The average molecular weight is 326 g/mol. The number of H-pyrrole nitrogens is 1. The van der Waals surface area contributed by atoms with Crippen LogP contribution in [0.3, 0.4) is 0 Å². The lowest BCUT2D eigenvalue weighted by atomic mass is 9.88. The molecule has 0 saturated heterocycles. The minimum Gasteiger partial charge on any atom is -0.494 e. The number of nitrogens with one attached hydrogen (secondary N) is 2. The highest BCUT2D eigenvalue weighted by Gasteiger charge is 2.42. The van der Waals surface area contributed by atoms with Gasteiger partial charge >= 0.3 is 0 Å². The van der Waals surface area contributed by atoms with Crippen LogP contribution in [0.25, 0.3) is 0 Å². The second-order valence-corrected chi connectivity index (χ2v) is 6.68. The van der Waals surface area contributed by atoms with E-state index < -0.39 is 0 Å². The first-order chi connectivity index (χ1) is 11.7. The summed E-state index contributed by atoms with van der Waals surface area (Å²) in [4.78, 5) is 21.7. The highest BCUT2D eigenvalue weighted by atomic mass is 16.3. The van der Waals surface area contributed by atoms with Gasteiger partial charge in [0.15, 0.2) is 5.88 Å². The average Bonchev–Trinajstić information content (AvgIpc) is 2.87. The summed E-state index contributed by atoms with van der Waals surface area (Å²) in [5, 5.41) is 14.0. The highest BCUT2D eigenvalue weighted by Crippen LogP contribution is 2.45. The quantitative estimate of drug-likeness (QED) is 0.753. The van der Waals surface area contributed by atoms with E-state index in [1.807, 2.05) is 17.0 Å². The van der Waals surface area contributed by atoms with E-state index in [0.717, 1.165) is 42.5 Å². The largest absolute Gasteiger partial charge is 0.494 e. The minimum absolute atomic E-state index is 0.0241. The van der Waals surface area contributed by atoms with Gasteiger partial charge in [0.1, 0.15) is 0 Å². The van der Waals surface area contributed by atoms with Crippen LogP contribution >= 0.6 is 0 Å². The van der Waals surface area contributed by atoms with Gasteiger partial charge in [-0.05, 0) is 24.5 Å². The van der Waals surface area contributed by atoms with Gasteiger partial charge in [-0.2, -0.15) is 0 Å². The van der Waals surface area contributed by atoms with Crippen molar-refractivity contribution in [3.8, 4) is 5.88 Å². The molecule has 1 amide bonds. The minimum atomic E-state index is -0.335. The van der Waals surface area contributed by atoms with Gasteiger partial charge in [-0.1, -0.05) is 18.9 Å². The Hall–Kier alpha value is -2.50. The molecule has 3 heterocycles. The van der Waals surface area contributed by atoms with E-state index in [2.05, 4.69) is 15.3 Å². The number of aromatic amines is 1. The summed E-state index contributed by atoms with van der Waals surface area (Å²) >= 11 is 0. The number of hydrogen-bond acceptors (Lipinski definition) is 4. The van der Waals surface area contributed by atoms with Crippen LogP contribution in [0.15, 0.2) is 30.7 Å². The molecule has 24 heavy (non-hydrogen) atoms. The predicted octanol–water partition coefficient (Wildman–Crippen LogP) is 2.79. The van der Waals surface area contributed by atoms with Crippen molar-refractivity contribution >= 4 is 11.6 Å². The number of anilines is 1. The fourth-order valence-corrected chi connectivity index (χ4v) is 4.24. The van der Waals surface area contributed by atoms with Crippen LogP contribution in [0.5, 0.6) is 5.88 Å². The molecule has 0 bridgehead atoms. The molecule has 1 saturated carbocycles. The smallest absolute Gasteiger partial charge is 0.220 e. The van der Waals surface area contributed by atoms with Crippen LogP contribution < -0.4 is 5.32 Å². The lowest BCUT2D eigenvalue weighted by Gasteiger charge is -2.41. The number of aromatic hydroxyl groups is 1. The summed E-state index contributed by atoms with van der Waals surface area (Å²) in [6.07, 6.45) is 9.57. The fraction of sp³-hybridized carbons (Fsp3) is 0.444. The molecular formula is C18H22N4O2. The van der Waals surface area contributed by atoms with Gasteiger partial charge in [-0.15, -0.1) is 0 Å². The van der Waals surface area contributed by atoms with E-state index >= 15 is 0 Å². The molecule has 2 aromatic rings. The van der Waals surface area contributed by atoms with E-state index in [1.165, 1.54) is 0 Å². The second-order valence-electron chi connectivity index (χ2n) is 6.68. The first-order valence-electron chi connectivity index (χ1n) is 8.52. The number of carbonyl (C=O) groups excluding carboxylic acids is 1. The maximum absolute atomic E-state index is 12.6. The summed E-state index contributed by atoms with van der Waals surface area (Å²) in [6.45, 7) is 1.61. The summed E-state index contributed by atoms with van der Waals surface area (Å²) in [5.74, 6) is 0.132. The molecule has 4 rings (SSSR count). The Kier molecular flexibility index (Phi) is 3.67. The van der Waals surface area contributed by atoms with Crippen molar-refractivity contribution in [1.29, 1.82) is 0 Å². The number of aromatic nitrogens is 2. The molecule has 3 atom stereocenters. The van der Waals surface area contributed by atoms with Gasteiger partial charge in [-0.3, -0.25) is 9.78 Å². The number of carbonyl (C=O) groups is 1. The molecular weight excluding hydrogens is 304 g/mol. The zero-order valence-electron chi connectivity index (χ0n) is 13.7. The second kappa shape index (κ2) is 5.85. The zero-order chi connectivity index (χ0) is 16.7. The Balaban J connectivity index is 1.91. The van der Waals surface area contributed by atoms with Crippen LogP contribution in [0.4, 0.5) is 5.69 Å². The van der Waals surface area contributed by atoms with Crippen LogP contribution in [0, 0.1) is 0 Å². The zero-order valence-corrected chi connectivity index (χ0v) is 13.7. The number of rotatable bonds is 1. The van der Waals surface area contributed by atoms with E-state index in [1.54, 1.807) is 25.5 Å². The molecule has 3 N–H and O–H groups in total. The van der Waals surface area contributed by atoms with Gasteiger partial charge in [-0.25, -0.2) is 0 Å². The first kappa shape index (κ1) is 15.1. The lowest BCUT2D eigenvalue weighted by Crippen LogP contribution is -2.50. The number of fused-ring (bicyclic) bond motifs is 2. The number of pyridine rings is 1. The third kappa shape index (κ3) is 2.33. The Bertz CT molecular complexity index is 743. The SMILES string of the molecule is CC(=O)N1[C@H](c2cccnc2)c2c(c[nH]c2O)N[C@@H]2CCCC[C@H]21. The van der Waals surface area contributed by atoms with Crippen LogP contribution in [0.2, 0.25) is 0 Å². The maximum Gasteiger partial charge on any atom is 0.220 e. The number of amides is 1. The summed E-state index contributed by atoms with van der Waals surface area (Å²) in [6, 6.07) is 3.82. The number of nitrogens with zero attached hydrogens (tertiary/aromatic N) is 2. The molecule has 0 radical (unpaired) electrons. The molecule has 2 aliphatic rings. The maximum atomic E-state index is 12.6. The summed E-state index contributed by atoms with van der Waals surface area (Å²) < 4.78 is 0. The molecule has 1 aliphatic carbocycles. The molecule has 6 nitrogen and oxygen atoms in total. The number of hydrogen-bond donors (Lipinski definition) is 3. The van der Waals surface area contributed by atoms with Crippen molar-refractivity contribution in [2.45, 2.75) is 50.7 Å². The Labute approximate surface area is 140 Å². The third-order valence-electron chi connectivity index (χ3n) is 5.24. The molecule has 0 aromatic carbocycles. The molecule has 126 valence electrons. The summed E-state index contributed by atoms with van der Waals surface area (Å²) in [5.41, 5.74) is 2.52. The van der Waals surface area contributed by atoms with Crippen molar-refractivity contribution in [2.75, 3.05) is 5.32 Å². The Morgan fingerprint density at radius 3 is 2.96 bits per heavy atom. The van der Waals surface area contributed by atoms with Crippen LogP contribution in [-0.2, 0) is 4.79 Å².